The second-order valence-corrected chi connectivity index (χ2v) is 7.58. The smallest absolute Gasteiger partial charge is 0.306 e. The number of thiocarbonyl (C=S) groups is 1. The Bertz CT molecular complexity index is 1010. The number of nitrogens with zero attached hydrogens (tertiary/aromatic N) is 1. The summed E-state index contributed by atoms with van der Waals surface area (Å²) in [6.07, 6.45) is 1.52. The van der Waals surface area contributed by atoms with Gasteiger partial charge in [-0.25, -0.2) is 4.39 Å². The van der Waals surface area contributed by atoms with Gasteiger partial charge >= 0.3 is 5.97 Å². The predicted molar refractivity (Wildman–Crippen MR) is 113 cm³/mol. The highest BCUT2D eigenvalue weighted by Crippen LogP contribution is 2.37. The quantitative estimate of drug-likeness (QED) is 0.521. The Kier molecular flexibility index (Phi) is 6.50. The average molecular weight is 433 g/mol. The molecule has 0 radical (unpaired) electrons. The second kappa shape index (κ2) is 9.06. The first-order valence-corrected chi connectivity index (χ1v) is 9.67. The van der Waals surface area contributed by atoms with Crippen molar-refractivity contribution in [2.75, 3.05) is 18.6 Å². The fourth-order valence-electron chi connectivity index (χ4n) is 2.60. The van der Waals surface area contributed by atoms with Crippen molar-refractivity contribution in [2.45, 2.75) is 6.42 Å². The molecule has 3 rings (SSSR count). The molecule has 0 bridgehead atoms. The van der Waals surface area contributed by atoms with E-state index in [1.165, 1.54) is 30.2 Å². The highest BCUT2D eigenvalue weighted by atomic mass is 32.2. The van der Waals surface area contributed by atoms with E-state index in [2.05, 4.69) is 0 Å². The molecule has 0 aliphatic carbocycles. The average Bonchev–Trinajstić information content (AvgIpc) is 2.95. The molecule has 29 heavy (non-hydrogen) atoms. The third-order valence-corrected chi connectivity index (χ3v) is 5.22. The van der Waals surface area contributed by atoms with Gasteiger partial charge in [0.15, 0.2) is 15.8 Å². The Morgan fingerprint density at radius 2 is 2.07 bits per heavy atom. The third-order valence-electron chi connectivity index (χ3n) is 3.92. The number of carbonyl (C=O) groups excluding carboxylic acids is 1. The van der Waals surface area contributed by atoms with E-state index in [1.54, 1.807) is 30.3 Å². The molecule has 0 atom stereocenters. The molecule has 150 valence electrons. The number of ether oxygens (including phenoxy) is 2. The number of methoxy groups -OCH3 is 1. The molecule has 0 spiro atoms. The second-order valence-electron chi connectivity index (χ2n) is 5.90. The lowest BCUT2D eigenvalue weighted by atomic mass is 10.1. The molecule has 1 heterocycles. The van der Waals surface area contributed by atoms with Gasteiger partial charge in [-0.05, 0) is 42.0 Å². The standard InChI is InChI=1S/C20H16FNO5S2/c1-26-16-9-12(5-6-15(16)27-8-7-18(23)24)10-17-19(25)22(20(28)29-17)14-4-2-3-13(21)11-14/h2-6,9-11H,7-8H2,1H3,(H,23,24)/b17-10+. The van der Waals surface area contributed by atoms with Crippen LogP contribution in [0, 0.1) is 5.82 Å². The van der Waals surface area contributed by atoms with E-state index in [0.717, 1.165) is 11.8 Å². The maximum atomic E-state index is 13.5. The van der Waals surface area contributed by atoms with Gasteiger partial charge in [0.1, 0.15) is 5.82 Å². The molecule has 0 unspecified atom stereocenters. The molecule has 1 aliphatic rings. The molecule has 6 nitrogen and oxygen atoms in total. The Hall–Kier alpha value is -2.91. The highest BCUT2D eigenvalue weighted by Gasteiger charge is 2.33. The Balaban J connectivity index is 1.81. The Labute approximate surface area is 175 Å². The molecule has 0 aromatic heterocycles. The van der Waals surface area contributed by atoms with Crippen LogP contribution in [-0.2, 0) is 9.59 Å². The number of anilines is 1. The van der Waals surface area contributed by atoms with E-state index >= 15 is 0 Å². The van der Waals surface area contributed by atoms with Gasteiger partial charge in [0.25, 0.3) is 5.91 Å². The van der Waals surface area contributed by atoms with E-state index in [4.69, 9.17) is 26.8 Å². The first-order chi connectivity index (χ1) is 13.9. The first-order valence-electron chi connectivity index (χ1n) is 8.45. The monoisotopic (exact) mass is 433 g/mol. The lowest BCUT2D eigenvalue weighted by Crippen LogP contribution is -2.27. The number of hydrogen-bond acceptors (Lipinski definition) is 6. The van der Waals surface area contributed by atoms with Gasteiger partial charge in [0, 0.05) is 0 Å². The zero-order valence-electron chi connectivity index (χ0n) is 15.3. The van der Waals surface area contributed by atoms with E-state index in [0.29, 0.717) is 32.0 Å². The lowest BCUT2D eigenvalue weighted by molar-refractivity contribution is -0.137. The van der Waals surface area contributed by atoms with Crippen molar-refractivity contribution in [1.29, 1.82) is 0 Å². The van der Waals surface area contributed by atoms with Crippen molar-refractivity contribution in [3.05, 3.63) is 58.8 Å². The largest absolute Gasteiger partial charge is 0.493 e. The van der Waals surface area contributed by atoms with Crippen molar-refractivity contribution < 1.29 is 28.6 Å². The van der Waals surface area contributed by atoms with Crippen LogP contribution in [0.2, 0.25) is 0 Å². The lowest BCUT2D eigenvalue weighted by Gasteiger charge is -2.14. The van der Waals surface area contributed by atoms with E-state index < -0.39 is 11.8 Å². The predicted octanol–water partition coefficient (Wildman–Crippen LogP) is 4.09. The van der Waals surface area contributed by atoms with Gasteiger partial charge in [0.2, 0.25) is 0 Å². The van der Waals surface area contributed by atoms with Crippen LogP contribution in [0.25, 0.3) is 6.08 Å². The maximum absolute atomic E-state index is 13.5. The summed E-state index contributed by atoms with van der Waals surface area (Å²) >= 11 is 6.41. The minimum absolute atomic E-state index is 0.0112. The van der Waals surface area contributed by atoms with Gasteiger partial charge in [-0.2, -0.15) is 0 Å². The summed E-state index contributed by atoms with van der Waals surface area (Å²) in [4.78, 5) is 25.1. The number of halogens is 1. The van der Waals surface area contributed by atoms with Gasteiger partial charge in [-0.3, -0.25) is 14.5 Å². The van der Waals surface area contributed by atoms with Crippen LogP contribution >= 0.6 is 24.0 Å². The van der Waals surface area contributed by atoms with Crippen molar-refractivity contribution in [2.24, 2.45) is 0 Å². The van der Waals surface area contributed by atoms with E-state index in [9.17, 15) is 14.0 Å². The molecule has 1 N–H and O–H groups in total. The highest BCUT2D eigenvalue weighted by molar-refractivity contribution is 8.27. The van der Waals surface area contributed by atoms with Gasteiger partial charge in [-0.15, -0.1) is 0 Å². The minimum atomic E-state index is -0.957. The van der Waals surface area contributed by atoms with Crippen molar-refractivity contribution in [1.82, 2.24) is 0 Å². The molecule has 1 aliphatic heterocycles. The van der Waals surface area contributed by atoms with Crippen LogP contribution in [0.15, 0.2) is 47.4 Å². The number of amides is 1. The summed E-state index contributed by atoms with van der Waals surface area (Å²) in [6, 6.07) is 10.7. The zero-order valence-corrected chi connectivity index (χ0v) is 16.9. The van der Waals surface area contributed by atoms with Gasteiger partial charge in [0.05, 0.1) is 30.7 Å². The summed E-state index contributed by atoms with van der Waals surface area (Å²) in [6.45, 7) is 0.0112. The molecule has 1 fully saturated rings. The fraction of sp³-hybridized carbons (Fsp3) is 0.150. The number of carboxylic acids is 1. The van der Waals surface area contributed by atoms with E-state index in [-0.39, 0.29) is 18.9 Å². The number of benzene rings is 2. The molecule has 2 aromatic rings. The Morgan fingerprint density at radius 1 is 1.28 bits per heavy atom. The van der Waals surface area contributed by atoms with Crippen LogP contribution in [0.1, 0.15) is 12.0 Å². The Morgan fingerprint density at radius 3 is 2.76 bits per heavy atom. The van der Waals surface area contributed by atoms with Crippen LogP contribution in [-0.4, -0.2) is 35.0 Å². The molecular formula is C20H16FNO5S2. The molecule has 9 heteroatoms. The van der Waals surface area contributed by atoms with Crippen LogP contribution < -0.4 is 14.4 Å². The third kappa shape index (κ3) is 4.93. The number of rotatable bonds is 7. The molecule has 0 saturated carbocycles. The minimum Gasteiger partial charge on any atom is -0.493 e. The number of aliphatic carboxylic acids is 1. The van der Waals surface area contributed by atoms with Gasteiger partial charge < -0.3 is 14.6 Å². The summed E-state index contributed by atoms with van der Waals surface area (Å²) < 4.78 is 24.5. The first kappa shape index (κ1) is 20.8. The normalized spacial score (nSPS) is 15.1. The van der Waals surface area contributed by atoms with Crippen LogP contribution in [0.5, 0.6) is 11.5 Å². The zero-order chi connectivity index (χ0) is 21.0. The summed E-state index contributed by atoms with van der Waals surface area (Å²) in [5.41, 5.74) is 1.04. The number of hydrogen-bond donors (Lipinski definition) is 1. The summed E-state index contributed by atoms with van der Waals surface area (Å²) in [5.74, 6) is -0.945. The van der Waals surface area contributed by atoms with Crippen molar-refractivity contribution in [3.8, 4) is 11.5 Å². The molecule has 1 amide bonds. The summed E-state index contributed by atoms with van der Waals surface area (Å²) in [5, 5.41) is 8.70. The van der Waals surface area contributed by atoms with Crippen LogP contribution in [0.4, 0.5) is 10.1 Å². The molecular weight excluding hydrogens is 417 g/mol. The van der Waals surface area contributed by atoms with Crippen molar-refractivity contribution in [3.63, 3.8) is 0 Å². The number of thioether (sulfide) groups is 1. The number of carboxylic acid groups (broad SMARTS) is 1. The van der Waals surface area contributed by atoms with Gasteiger partial charge in [-0.1, -0.05) is 36.1 Å². The van der Waals surface area contributed by atoms with Crippen LogP contribution in [0.3, 0.4) is 0 Å². The fourth-order valence-corrected chi connectivity index (χ4v) is 3.90. The topological polar surface area (TPSA) is 76.1 Å². The summed E-state index contributed by atoms with van der Waals surface area (Å²) in [7, 11) is 1.46. The van der Waals surface area contributed by atoms with E-state index in [1.807, 2.05) is 0 Å². The number of carbonyl (C=O) groups is 2. The molecule has 1 saturated heterocycles. The molecule has 2 aromatic carbocycles. The SMILES string of the molecule is COc1cc(/C=C2/SC(=S)N(c3cccc(F)c3)C2=O)ccc1OCCC(=O)O. The maximum Gasteiger partial charge on any atom is 0.306 e. The van der Waals surface area contributed by atoms with Crippen molar-refractivity contribution >= 4 is 51.9 Å².